The Hall–Kier alpha value is -2.28. The van der Waals surface area contributed by atoms with Crippen LogP contribution in [0.1, 0.15) is 24.5 Å². The van der Waals surface area contributed by atoms with Gasteiger partial charge in [0.2, 0.25) is 0 Å². The highest BCUT2D eigenvalue weighted by Crippen LogP contribution is 2.27. The summed E-state index contributed by atoms with van der Waals surface area (Å²) in [5, 5.41) is 6.91. The molecule has 0 aliphatic carbocycles. The molecule has 0 aromatic carbocycles. The highest BCUT2D eigenvalue weighted by atomic mass is 16.5. The standard InChI is InChI=1S/C15H20N4O3/c1-3-12-4-5-14(22-12)13-10-21-7-6-19(13)15(20)17-11-8-16-18(2)9-11/h4-5,8-9,13H,3,6-7,10H2,1-2H3,(H,17,20)/t13-/m1/s1. The molecule has 0 radical (unpaired) electrons. The molecule has 0 bridgehead atoms. The van der Waals surface area contributed by atoms with Gasteiger partial charge in [0.1, 0.15) is 17.6 Å². The summed E-state index contributed by atoms with van der Waals surface area (Å²) in [5.41, 5.74) is 0.673. The lowest BCUT2D eigenvalue weighted by Crippen LogP contribution is -2.45. The molecule has 1 N–H and O–H groups in total. The first-order valence-corrected chi connectivity index (χ1v) is 7.40. The molecule has 1 aliphatic heterocycles. The van der Waals surface area contributed by atoms with Crippen molar-refractivity contribution in [1.29, 1.82) is 0 Å². The fourth-order valence-electron chi connectivity index (χ4n) is 2.53. The molecule has 1 fully saturated rings. The van der Waals surface area contributed by atoms with Crippen molar-refractivity contribution in [3.8, 4) is 0 Å². The van der Waals surface area contributed by atoms with E-state index >= 15 is 0 Å². The molecule has 1 atom stereocenters. The fourth-order valence-corrected chi connectivity index (χ4v) is 2.53. The molecular formula is C15H20N4O3. The first-order valence-electron chi connectivity index (χ1n) is 7.40. The molecule has 0 saturated carbocycles. The predicted octanol–water partition coefficient (Wildman–Crippen LogP) is 2.18. The second kappa shape index (κ2) is 6.23. The number of nitrogens with one attached hydrogen (secondary N) is 1. The van der Waals surface area contributed by atoms with Crippen LogP contribution < -0.4 is 5.32 Å². The van der Waals surface area contributed by atoms with Crippen molar-refractivity contribution >= 4 is 11.7 Å². The highest BCUT2D eigenvalue weighted by Gasteiger charge is 2.31. The Bertz CT molecular complexity index is 649. The lowest BCUT2D eigenvalue weighted by molar-refractivity contribution is 0.00702. The maximum Gasteiger partial charge on any atom is 0.322 e. The smallest absolute Gasteiger partial charge is 0.322 e. The average Bonchev–Trinajstić information content (AvgIpc) is 3.16. The van der Waals surface area contributed by atoms with Gasteiger partial charge in [0.25, 0.3) is 0 Å². The molecule has 3 heterocycles. The van der Waals surface area contributed by atoms with E-state index in [2.05, 4.69) is 10.4 Å². The second-order valence-electron chi connectivity index (χ2n) is 5.27. The van der Waals surface area contributed by atoms with Gasteiger partial charge in [0.05, 0.1) is 25.1 Å². The van der Waals surface area contributed by atoms with E-state index in [1.807, 2.05) is 26.1 Å². The van der Waals surface area contributed by atoms with Crippen LogP contribution in [0.2, 0.25) is 0 Å². The van der Waals surface area contributed by atoms with Gasteiger partial charge in [-0.25, -0.2) is 4.79 Å². The van der Waals surface area contributed by atoms with E-state index in [0.29, 0.717) is 25.4 Å². The van der Waals surface area contributed by atoms with Crippen LogP contribution in [0, 0.1) is 0 Å². The van der Waals surface area contributed by atoms with Gasteiger partial charge in [-0.1, -0.05) is 6.92 Å². The molecule has 0 spiro atoms. The Balaban J connectivity index is 1.75. The van der Waals surface area contributed by atoms with Gasteiger partial charge in [-0.2, -0.15) is 5.10 Å². The van der Waals surface area contributed by atoms with Crippen LogP contribution in [0.3, 0.4) is 0 Å². The third-order valence-electron chi connectivity index (χ3n) is 3.70. The minimum absolute atomic E-state index is 0.171. The highest BCUT2D eigenvalue weighted by molar-refractivity contribution is 5.89. The Morgan fingerprint density at radius 3 is 3.05 bits per heavy atom. The van der Waals surface area contributed by atoms with E-state index in [-0.39, 0.29) is 12.1 Å². The van der Waals surface area contributed by atoms with E-state index < -0.39 is 0 Å². The van der Waals surface area contributed by atoms with Gasteiger partial charge in [0, 0.05) is 26.2 Å². The van der Waals surface area contributed by atoms with E-state index in [1.54, 1.807) is 22.0 Å². The number of hydrogen-bond donors (Lipinski definition) is 1. The minimum Gasteiger partial charge on any atom is -0.464 e. The molecule has 118 valence electrons. The maximum atomic E-state index is 12.5. The number of anilines is 1. The van der Waals surface area contributed by atoms with E-state index in [9.17, 15) is 4.79 Å². The summed E-state index contributed by atoms with van der Waals surface area (Å²) >= 11 is 0. The molecular weight excluding hydrogens is 284 g/mol. The largest absolute Gasteiger partial charge is 0.464 e. The molecule has 1 saturated heterocycles. The lowest BCUT2D eigenvalue weighted by atomic mass is 10.2. The van der Waals surface area contributed by atoms with Gasteiger partial charge >= 0.3 is 6.03 Å². The van der Waals surface area contributed by atoms with Crippen molar-refractivity contribution in [3.63, 3.8) is 0 Å². The number of morpholine rings is 1. The van der Waals surface area contributed by atoms with Crippen LogP contribution in [0.15, 0.2) is 28.9 Å². The Labute approximate surface area is 128 Å². The molecule has 2 aromatic heterocycles. The zero-order valence-electron chi connectivity index (χ0n) is 12.8. The number of rotatable bonds is 3. The Kier molecular flexibility index (Phi) is 4.15. The van der Waals surface area contributed by atoms with Crippen LogP contribution in [0.4, 0.5) is 10.5 Å². The summed E-state index contributed by atoms with van der Waals surface area (Å²) in [6, 6.07) is 3.49. The number of amides is 2. The zero-order valence-corrected chi connectivity index (χ0v) is 12.8. The van der Waals surface area contributed by atoms with Crippen molar-refractivity contribution < 1.29 is 13.9 Å². The lowest BCUT2D eigenvalue weighted by Gasteiger charge is -2.34. The summed E-state index contributed by atoms with van der Waals surface area (Å²) < 4.78 is 13.0. The topological polar surface area (TPSA) is 72.5 Å². The second-order valence-corrected chi connectivity index (χ2v) is 5.27. The van der Waals surface area contributed by atoms with Crippen LogP contribution in [0.5, 0.6) is 0 Å². The normalized spacial score (nSPS) is 18.5. The summed E-state index contributed by atoms with van der Waals surface area (Å²) in [6.07, 6.45) is 4.21. The van der Waals surface area contributed by atoms with E-state index in [1.165, 1.54) is 0 Å². The number of aromatic nitrogens is 2. The molecule has 3 rings (SSSR count). The van der Waals surface area contributed by atoms with E-state index in [0.717, 1.165) is 17.9 Å². The van der Waals surface area contributed by atoms with E-state index in [4.69, 9.17) is 9.15 Å². The Morgan fingerprint density at radius 2 is 2.36 bits per heavy atom. The molecule has 0 unspecified atom stereocenters. The van der Waals surface area contributed by atoms with Crippen molar-refractivity contribution in [1.82, 2.24) is 14.7 Å². The molecule has 2 aromatic rings. The summed E-state index contributed by atoms with van der Waals surface area (Å²) in [5.74, 6) is 1.67. The number of carbonyl (C=O) groups is 1. The molecule has 22 heavy (non-hydrogen) atoms. The monoisotopic (exact) mass is 304 g/mol. The maximum absolute atomic E-state index is 12.5. The first-order chi connectivity index (χ1) is 10.7. The van der Waals surface area contributed by atoms with Crippen molar-refractivity contribution in [2.45, 2.75) is 19.4 Å². The van der Waals surface area contributed by atoms with Gasteiger partial charge in [-0.15, -0.1) is 0 Å². The third-order valence-corrected chi connectivity index (χ3v) is 3.70. The van der Waals surface area contributed by atoms with Gasteiger partial charge in [-0.05, 0) is 12.1 Å². The average molecular weight is 304 g/mol. The molecule has 1 aliphatic rings. The number of furan rings is 1. The fraction of sp³-hybridized carbons (Fsp3) is 0.467. The van der Waals surface area contributed by atoms with Crippen LogP contribution in [-0.4, -0.2) is 40.5 Å². The Morgan fingerprint density at radius 1 is 1.50 bits per heavy atom. The number of ether oxygens (including phenoxy) is 1. The number of carbonyl (C=O) groups excluding carboxylic acids is 1. The van der Waals surface area contributed by atoms with Gasteiger partial charge < -0.3 is 19.4 Å². The molecule has 2 amide bonds. The number of aryl methyl sites for hydroxylation is 2. The number of hydrogen-bond acceptors (Lipinski definition) is 4. The molecule has 7 heteroatoms. The van der Waals surface area contributed by atoms with Crippen molar-refractivity contribution in [2.75, 3.05) is 25.1 Å². The van der Waals surface area contributed by atoms with Crippen LogP contribution in [-0.2, 0) is 18.2 Å². The van der Waals surface area contributed by atoms with Gasteiger partial charge in [0.15, 0.2) is 0 Å². The number of urea groups is 1. The van der Waals surface area contributed by atoms with Crippen LogP contribution >= 0.6 is 0 Å². The summed E-state index contributed by atoms with van der Waals surface area (Å²) in [7, 11) is 1.81. The van der Waals surface area contributed by atoms with Crippen LogP contribution in [0.25, 0.3) is 0 Å². The molecule has 7 nitrogen and oxygen atoms in total. The SMILES string of the molecule is CCc1ccc([C@H]2COCCN2C(=O)Nc2cnn(C)c2)o1. The minimum atomic E-state index is -0.203. The summed E-state index contributed by atoms with van der Waals surface area (Å²) in [6.45, 7) is 3.53. The van der Waals surface area contributed by atoms with Crippen molar-refractivity contribution in [2.24, 2.45) is 7.05 Å². The third kappa shape index (κ3) is 2.99. The predicted molar refractivity (Wildman–Crippen MR) is 80.6 cm³/mol. The zero-order chi connectivity index (χ0) is 15.5. The quantitative estimate of drug-likeness (QED) is 0.943. The first kappa shape index (κ1) is 14.6. The number of nitrogens with zero attached hydrogens (tertiary/aromatic N) is 3. The van der Waals surface area contributed by atoms with Gasteiger partial charge in [-0.3, -0.25) is 4.68 Å². The van der Waals surface area contributed by atoms with Crippen molar-refractivity contribution in [3.05, 3.63) is 36.0 Å². The summed E-state index contributed by atoms with van der Waals surface area (Å²) in [4.78, 5) is 14.3.